The molecule has 0 spiro atoms. The fourth-order valence-corrected chi connectivity index (χ4v) is 1.82. The Balaban J connectivity index is 2.15. The molecule has 7 heteroatoms. The first-order chi connectivity index (χ1) is 8.97. The fraction of sp³-hybridized carbons (Fsp3) is 0.0833. The maximum Gasteiger partial charge on any atom is 0.433 e. The van der Waals surface area contributed by atoms with E-state index in [1.54, 1.807) is 18.2 Å². The summed E-state index contributed by atoms with van der Waals surface area (Å²) < 4.78 is 4.83. The molecule has 1 heterocycles. The van der Waals surface area contributed by atoms with Crippen molar-refractivity contribution in [2.24, 2.45) is 0 Å². The van der Waals surface area contributed by atoms with Crippen LogP contribution < -0.4 is 0 Å². The Bertz CT molecular complexity index is 651. The molecule has 0 bridgehead atoms. The summed E-state index contributed by atoms with van der Waals surface area (Å²) in [7, 11) is 0. The highest BCUT2D eigenvalue weighted by atomic mass is 35.5. The smallest absolute Gasteiger partial charge is 0.397 e. The fourth-order valence-electron chi connectivity index (χ4n) is 1.50. The quantitative estimate of drug-likeness (QED) is 0.487. The summed E-state index contributed by atoms with van der Waals surface area (Å²) in [5.41, 5.74) is 0.651. The van der Waals surface area contributed by atoms with Crippen molar-refractivity contribution >= 4 is 34.9 Å². The number of nitro groups is 1. The molecule has 0 aliphatic heterocycles. The summed E-state index contributed by atoms with van der Waals surface area (Å²) in [5, 5.41) is 11.2. The first kappa shape index (κ1) is 13.6. The molecule has 0 fully saturated rings. The minimum absolute atomic E-state index is 0.0293. The Labute approximate surface area is 117 Å². The van der Waals surface area contributed by atoms with Gasteiger partial charge in [-0.3, -0.25) is 14.9 Å². The predicted molar refractivity (Wildman–Crippen MR) is 69.9 cm³/mol. The van der Waals surface area contributed by atoms with Crippen molar-refractivity contribution in [3.63, 3.8) is 0 Å². The van der Waals surface area contributed by atoms with E-state index < -0.39 is 10.8 Å². The predicted octanol–water partition coefficient (Wildman–Crippen LogP) is 3.92. The van der Waals surface area contributed by atoms with Crippen LogP contribution in [0.4, 0.5) is 5.88 Å². The number of benzene rings is 1. The van der Waals surface area contributed by atoms with Gasteiger partial charge in [0.15, 0.2) is 5.76 Å². The average Bonchev–Trinajstić information content (AvgIpc) is 2.83. The van der Waals surface area contributed by atoms with Gasteiger partial charge in [0.2, 0.25) is 5.78 Å². The van der Waals surface area contributed by atoms with Crippen LogP contribution in [-0.2, 0) is 6.42 Å². The number of nitrogens with zero attached hydrogens (tertiary/aromatic N) is 1. The van der Waals surface area contributed by atoms with Crippen molar-refractivity contribution in [3.05, 3.63) is 61.8 Å². The molecule has 0 radical (unpaired) electrons. The van der Waals surface area contributed by atoms with Gasteiger partial charge in [-0.05, 0) is 23.8 Å². The van der Waals surface area contributed by atoms with Gasteiger partial charge in [-0.25, -0.2) is 0 Å². The highest BCUT2D eigenvalue weighted by Crippen LogP contribution is 2.24. The van der Waals surface area contributed by atoms with Crippen molar-refractivity contribution in [2.45, 2.75) is 6.42 Å². The van der Waals surface area contributed by atoms with E-state index in [0.717, 1.165) is 6.07 Å². The Morgan fingerprint density at radius 2 is 1.95 bits per heavy atom. The molecule has 0 amide bonds. The molecule has 0 atom stereocenters. The van der Waals surface area contributed by atoms with Crippen LogP contribution in [-0.4, -0.2) is 10.7 Å². The summed E-state index contributed by atoms with van der Waals surface area (Å²) >= 11 is 11.6. The summed E-state index contributed by atoms with van der Waals surface area (Å²) in [6.45, 7) is 0. The van der Waals surface area contributed by atoms with Gasteiger partial charge >= 0.3 is 5.88 Å². The number of ketones is 1. The Kier molecular flexibility index (Phi) is 3.87. The third-order valence-electron chi connectivity index (χ3n) is 2.40. The van der Waals surface area contributed by atoms with Crippen molar-refractivity contribution in [1.29, 1.82) is 0 Å². The van der Waals surface area contributed by atoms with E-state index in [9.17, 15) is 14.9 Å². The average molecular weight is 300 g/mol. The molecule has 5 nitrogen and oxygen atoms in total. The lowest BCUT2D eigenvalue weighted by Gasteiger charge is -2.01. The zero-order chi connectivity index (χ0) is 14.0. The van der Waals surface area contributed by atoms with Crippen LogP contribution in [0, 0.1) is 10.1 Å². The lowest BCUT2D eigenvalue weighted by atomic mass is 10.1. The van der Waals surface area contributed by atoms with E-state index >= 15 is 0 Å². The number of hydrogen-bond acceptors (Lipinski definition) is 4. The third kappa shape index (κ3) is 3.13. The van der Waals surface area contributed by atoms with Crippen molar-refractivity contribution in [2.75, 3.05) is 0 Å². The van der Waals surface area contributed by atoms with Gasteiger partial charge < -0.3 is 4.42 Å². The van der Waals surface area contributed by atoms with E-state index in [0.29, 0.717) is 15.6 Å². The molecule has 0 saturated carbocycles. The topological polar surface area (TPSA) is 73.3 Å². The molecule has 98 valence electrons. The second-order valence-corrected chi connectivity index (χ2v) is 4.56. The van der Waals surface area contributed by atoms with Crippen LogP contribution in [0.3, 0.4) is 0 Å². The minimum atomic E-state index is -0.698. The Morgan fingerprint density at radius 1 is 1.21 bits per heavy atom. The molecule has 19 heavy (non-hydrogen) atoms. The van der Waals surface area contributed by atoms with Crippen molar-refractivity contribution < 1.29 is 14.1 Å². The number of Topliss-reactive ketones (excluding diaryl/α,β-unsaturated/α-hetero) is 1. The van der Waals surface area contributed by atoms with Gasteiger partial charge in [-0.2, -0.15) is 0 Å². The molecule has 1 aromatic carbocycles. The highest BCUT2D eigenvalue weighted by molar-refractivity contribution is 6.42. The molecule has 0 saturated heterocycles. The van der Waals surface area contributed by atoms with Gasteiger partial charge in [-0.15, -0.1) is 0 Å². The van der Waals surface area contributed by atoms with Gasteiger partial charge in [0, 0.05) is 6.42 Å². The van der Waals surface area contributed by atoms with Crippen LogP contribution >= 0.6 is 23.2 Å². The highest BCUT2D eigenvalue weighted by Gasteiger charge is 2.17. The SMILES string of the molecule is O=C(Cc1ccc(Cl)c(Cl)c1)c1ccc([N+](=O)[O-])o1. The van der Waals surface area contributed by atoms with E-state index in [2.05, 4.69) is 0 Å². The molecule has 2 rings (SSSR count). The molecular formula is C12H7Cl2NO4. The molecule has 0 unspecified atom stereocenters. The zero-order valence-electron chi connectivity index (χ0n) is 9.43. The number of furan rings is 1. The first-order valence-electron chi connectivity index (χ1n) is 5.18. The maximum atomic E-state index is 11.9. The van der Waals surface area contributed by atoms with Crippen LogP contribution in [0.1, 0.15) is 16.1 Å². The zero-order valence-corrected chi connectivity index (χ0v) is 10.9. The molecule has 2 aromatic rings. The third-order valence-corrected chi connectivity index (χ3v) is 3.13. The van der Waals surface area contributed by atoms with Crippen LogP contribution in [0.15, 0.2) is 34.7 Å². The van der Waals surface area contributed by atoms with Gasteiger partial charge in [0.05, 0.1) is 16.1 Å². The standard InChI is InChI=1S/C12H7Cl2NO4/c13-8-2-1-7(5-9(8)14)6-10(16)11-3-4-12(19-11)15(17)18/h1-5H,6H2. The normalized spacial score (nSPS) is 10.4. The lowest BCUT2D eigenvalue weighted by molar-refractivity contribution is -0.402. The van der Waals surface area contributed by atoms with E-state index in [4.69, 9.17) is 27.6 Å². The van der Waals surface area contributed by atoms with Crippen LogP contribution in [0.25, 0.3) is 0 Å². The summed E-state index contributed by atoms with van der Waals surface area (Å²) in [6.07, 6.45) is 0.0293. The number of rotatable bonds is 4. The van der Waals surface area contributed by atoms with E-state index in [1.807, 2.05) is 0 Å². The van der Waals surface area contributed by atoms with Gasteiger partial charge in [0.1, 0.15) is 4.92 Å². The monoisotopic (exact) mass is 299 g/mol. The molecule has 1 aromatic heterocycles. The largest absolute Gasteiger partial charge is 0.433 e. The van der Waals surface area contributed by atoms with Crippen LogP contribution in [0.5, 0.6) is 0 Å². The van der Waals surface area contributed by atoms with E-state index in [-0.39, 0.29) is 18.0 Å². The molecule has 0 N–H and O–H groups in total. The lowest BCUT2D eigenvalue weighted by Crippen LogP contribution is -2.02. The number of hydrogen-bond donors (Lipinski definition) is 0. The summed E-state index contributed by atoms with van der Waals surface area (Å²) in [4.78, 5) is 21.6. The maximum absolute atomic E-state index is 11.9. The molecular weight excluding hydrogens is 293 g/mol. The molecule has 0 aliphatic rings. The Morgan fingerprint density at radius 3 is 2.53 bits per heavy atom. The number of halogens is 2. The van der Waals surface area contributed by atoms with E-state index in [1.165, 1.54) is 6.07 Å². The summed E-state index contributed by atoms with van der Waals surface area (Å²) in [5.74, 6) is -0.887. The summed E-state index contributed by atoms with van der Waals surface area (Å²) in [6, 6.07) is 7.22. The Hall–Kier alpha value is -1.85. The van der Waals surface area contributed by atoms with Gasteiger partial charge in [-0.1, -0.05) is 29.3 Å². The first-order valence-corrected chi connectivity index (χ1v) is 5.94. The van der Waals surface area contributed by atoms with Crippen molar-refractivity contribution in [3.8, 4) is 0 Å². The number of carbonyl (C=O) groups excluding carboxylic acids is 1. The van der Waals surface area contributed by atoms with Crippen LogP contribution in [0.2, 0.25) is 10.0 Å². The second-order valence-electron chi connectivity index (χ2n) is 3.74. The second kappa shape index (κ2) is 5.42. The van der Waals surface area contributed by atoms with Crippen molar-refractivity contribution in [1.82, 2.24) is 0 Å². The number of carbonyl (C=O) groups is 1. The van der Waals surface area contributed by atoms with Gasteiger partial charge in [0.25, 0.3) is 0 Å². The minimum Gasteiger partial charge on any atom is -0.397 e. The molecule has 0 aliphatic carbocycles.